The molecular weight excluding hydrogens is 486 g/mol. The fourth-order valence-electron chi connectivity index (χ4n) is 5.50. The Balaban J connectivity index is 1.53. The Morgan fingerprint density at radius 2 is 1.51 bits per heavy atom. The van der Waals surface area contributed by atoms with Crippen molar-refractivity contribution in [2.75, 3.05) is 18.2 Å². The van der Waals surface area contributed by atoms with E-state index in [0.29, 0.717) is 13.2 Å². The average molecular weight is 518 g/mol. The third-order valence-corrected chi connectivity index (χ3v) is 7.42. The van der Waals surface area contributed by atoms with Crippen LogP contribution in [0.1, 0.15) is 51.6 Å². The summed E-state index contributed by atoms with van der Waals surface area (Å²) in [7, 11) is 0. The van der Waals surface area contributed by atoms with Gasteiger partial charge in [-0.15, -0.1) is 0 Å². The van der Waals surface area contributed by atoms with Crippen LogP contribution in [0.2, 0.25) is 0 Å². The van der Waals surface area contributed by atoms with Crippen molar-refractivity contribution in [3.8, 4) is 5.75 Å². The smallest absolute Gasteiger partial charge is 0.277 e. The number of aryl methyl sites for hydroxylation is 1. The van der Waals surface area contributed by atoms with Crippen LogP contribution in [0.25, 0.3) is 0 Å². The Bertz CT molecular complexity index is 1550. The molecule has 1 atom stereocenters. The molecule has 2 bridgehead atoms. The maximum absolute atomic E-state index is 14.0. The summed E-state index contributed by atoms with van der Waals surface area (Å²) >= 11 is 0. The lowest BCUT2D eigenvalue weighted by Gasteiger charge is -2.44. The van der Waals surface area contributed by atoms with Gasteiger partial charge in [-0.05, 0) is 41.5 Å². The highest BCUT2D eigenvalue weighted by atomic mass is 16.5. The van der Waals surface area contributed by atoms with Gasteiger partial charge in [0.05, 0.1) is 6.04 Å². The number of rotatable bonds is 4. The maximum Gasteiger partial charge on any atom is 0.277 e. The molecule has 0 radical (unpaired) electrons. The lowest BCUT2D eigenvalue weighted by atomic mass is 9.91. The van der Waals surface area contributed by atoms with Gasteiger partial charge in [0.1, 0.15) is 13.3 Å². The van der Waals surface area contributed by atoms with E-state index in [9.17, 15) is 9.59 Å². The lowest BCUT2D eigenvalue weighted by molar-refractivity contribution is 0.0679. The summed E-state index contributed by atoms with van der Waals surface area (Å²) < 4.78 is 7.96. The summed E-state index contributed by atoms with van der Waals surface area (Å²) in [5.41, 5.74) is 4.46. The van der Waals surface area contributed by atoms with Crippen molar-refractivity contribution in [3.05, 3.63) is 148 Å². The number of carbonyl (C=O) groups excluding carboxylic acids is 1. The van der Waals surface area contributed by atoms with Crippen LogP contribution in [0, 0.1) is 0 Å². The highest BCUT2D eigenvalue weighted by Gasteiger charge is 2.37. The van der Waals surface area contributed by atoms with Crippen LogP contribution in [0.3, 0.4) is 0 Å². The molecule has 1 aromatic heterocycles. The summed E-state index contributed by atoms with van der Waals surface area (Å²) in [6, 6.07) is 29.9. The zero-order valence-electron chi connectivity index (χ0n) is 21.8. The van der Waals surface area contributed by atoms with Crippen LogP contribution in [-0.4, -0.2) is 28.7 Å². The molecule has 0 saturated carbocycles. The summed E-state index contributed by atoms with van der Waals surface area (Å²) in [4.78, 5) is 28.9. The summed E-state index contributed by atoms with van der Waals surface area (Å²) in [6.45, 7) is 1.14. The number of carbonyl (C=O) groups is 1. The number of aromatic nitrogens is 1. The van der Waals surface area contributed by atoms with E-state index in [1.165, 1.54) is 17.2 Å². The summed E-state index contributed by atoms with van der Waals surface area (Å²) in [6.07, 6.45) is 8.67. The molecule has 2 aliphatic rings. The Labute approximate surface area is 228 Å². The first-order valence-electron chi connectivity index (χ1n) is 13.5. The molecule has 2 aliphatic heterocycles. The Hall–Kier alpha value is -4.58. The second-order valence-electron chi connectivity index (χ2n) is 9.94. The summed E-state index contributed by atoms with van der Waals surface area (Å²) in [5.74, 6) is -0.110. The standard InChI is InChI=1S/C33H31N3O3/c37-29-20-22-35-31(32(29)39-23-25-13-5-3-6-14-25)33(38)34-21-12-2-1-7-15-26-16-10-11-19-28(26)30(36(35)24-34)27-17-8-4-9-18-27/h1-6,8-11,13-14,16-20,22,30H,7,12,15,21,23-24H2. The number of benzene rings is 3. The van der Waals surface area contributed by atoms with Crippen molar-refractivity contribution >= 4 is 5.91 Å². The molecule has 6 nitrogen and oxygen atoms in total. The van der Waals surface area contributed by atoms with E-state index in [1.54, 1.807) is 6.20 Å². The zero-order valence-corrected chi connectivity index (χ0v) is 21.8. The van der Waals surface area contributed by atoms with Gasteiger partial charge < -0.3 is 9.64 Å². The van der Waals surface area contributed by atoms with Gasteiger partial charge in [-0.25, -0.2) is 0 Å². The normalized spacial score (nSPS) is 17.0. The predicted octanol–water partition coefficient (Wildman–Crippen LogP) is 5.46. The van der Waals surface area contributed by atoms with E-state index in [4.69, 9.17) is 4.74 Å². The molecule has 3 aromatic carbocycles. The molecule has 0 aliphatic carbocycles. The van der Waals surface area contributed by atoms with E-state index in [2.05, 4.69) is 53.6 Å². The van der Waals surface area contributed by atoms with Crippen LogP contribution in [0.4, 0.5) is 0 Å². The zero-order chi connectivity index (χ0) is 26.6. The first-order chi connectivity index (χ1) is 19.2. The van der Waals surface area contributed by atoms with Gasteiger partial charge in [0.2, 0.25) is 5.43 Å². The van der Waals surface area contributed by atoms with Crippen LogP contribution >= 0.6 is 0 Å². The van der Waals surface area contributed by atoms with E-state index < -0.39 is 0 Å². The molecule has 0 fully saturated rings. The number of allylic oxidation sites excluding steroid dienone is 1. The highest BCUT2D eigenvalue weighted by Crippen LogP contribution is 2.34. The first-order valence-corrected chi connectivity index (χ1v) is 13.5. The Morgan fingerprint density at radius 1 is 0.795 bits per heavy atom. The number of fused-ring (bicyclic) bond motifs is 5. The van der Waals surface area contributed by atoms with Gasteiger partial charge in [0.25, 0.3) is 5.91 Å². The van der Waals surface area contributed by atoms with Crippen LogP contribution in [-0.2, 0) is 13.0 Å². The van der Waals surface area contributed by atoms with Crippen molar-refractivity contribution in [2.45, 2.75) is 31.9 Å². The number of pyridine rings is 1. The Kier molecular flexibility index (Phi) is 7.00. The molecule has 196 valence electrons. The van der Waals surface area contributed by atoms with Crippen LogP contribution in [0.15, 0.2) is 114 Å². The highest BCUT2D eigenvalue weighted by molar-refractivity contribution is 5.96. The van der Waals surface area contributed by atoms with Crippen LogP contribution in [0.5, 0.6) is 5.75 Å². The van der Waals surface area contributed by atoms with Crippen molar-refractivity contribution < 1.29 is 9.53 Å². The van der Waals surface area contributed by atoms with Crippen molar-refractivity contribution in [2.24, 2.45) is 0 Å². The number of hydrogen-bond donors (Lipinski definition) is 0. The molecular formula is C33H31N3O3. The van der Waals surface area contributed by atoms with E-state index in [-0.39, 0.29) is 35.4 Å². The van der Waals surface area contributed by atoms with Crippen molar-refractivity contribution in [1.82, 2.24) is 9.58 Å². The van der Waals surface area contributed by atoms with Gasteiger partial charge in [-0.2, -0.15) is 0 Å². The van der Waals surface area contributed by atoms with E-state index >= 15 is 0 Å². The predicted molar refractivity (Wildman–Crippen MR) is 152 cm³/mol. The van der Waals surface area contributed by atoms with Crippen molar-refractivity contribution in [1.29, 1.82) is 0 Å². The summed E-state index contributed by atoms with van der Waals surface area (Å²) in [5, 5.41) is 2.19. The minimum atomic E-state index is -0.301. The molecule has 3 heterocycles. The van der Waals surface area contributed by atoms with Gasteiger partial charge in [0, 0.05) is 18.8 Å². The van der Waals surface area contributed by atoms with E-state index in [0.717, 1.165) is 30.4 Å². The molecule has 0 N–H and O–H groups in total. The van der Waals surface area contributed by atoms with E-state index in [1.807, 2.05) is 58.1 Å². The first kappa shape index (κ1) is 24.7. The molecule has 1 unspecified atom stereocenters. The largest absolute Gasteiger partial charge is 0.482 e. The lowest BCUT2D eigenvalue weighted by Crippen LogP contribution is -2.56. The number of ether oxygens (including phenoxy) is 1. The third kappa shape index (κ3) is 4.98. The fourth-order valence-corrected chi connectivity index (χ4v) is 5.50. The minimum Gasteiger partial charge on any atom is -0.482 e. The Morgan fingerprint density at radius 3 is 2.33 bits per heavy atom. The number of hydrogen-bond acceptors (Lipinski definition) is 4. The number of nitrogens with zero attached hydrogens (tertiary/aromatic N) is 3. The van der Waals surface area contributed by atoms with Gasteiger partial charge in [0.15, 0.2) is 11.4 Å². The van der Waals surface area contributed by atoms with Crippen LogP contribution < -0.4 is 15.2 Å². The topological polar surface area (TPSA) is 54.8 Å². The van der Waals surface area contributed by atoms with Crippen molar-refractivity contribution in [3.63, 3.8) is 0 Å². The third-order valence-electron chi connectivity index (χ3n) is 7.42. The monoisotopic (exact) mass is 517 g/mol. The second-order valence-corrected chi connectivity index (χ2v) is 9.94. The SMILES string of the molecule is O=C1c2c(OCc3ccccc3)c(=O)ccn2N2CN1CCC=CCCc1ccccc1C2c1ccccc1. The quantitative estimate of drug-likeness (QED) is 0.338. The maximum atomic E-state index is 14.0. The molecule has 39 heavy (non-hydrogen) atoms. The molecule has 0 spiro atoms. The van der Waals surface area contributed by atoms with Gasteiger partial charge in [-0.1, -0.05) is 97.1 Å². The molecule has 1 amide bonds. The van der Waals surface area contributed by atoms with Gasteiger partial charge in [-0.3, -0.25) is 19.3 Å². The number of amides is 1. The molecule has 6 rings (SSSR count). The molecule has 6 heteroatoms. The second kappa shape index (κ2) is 11.0. The van der Waals surface area contributed by atoms with Gasteiger partial charge >= 0.3 is 0 Å². The minimum absolute atomic E-state index is 0.0868. The molecule has 0 saturated heterocycles. The average Bonchev–Trinajstić information content (AvgIpc) is 2.97. The fraction of sp³-hybridized carbons (Fsp3) is 0.212. The molecule has 4 aromatic rings.